The molecule has 1 fully saturated rings. The molecule has 0 radical (unpaired) electrons. The Morgan fingerprint density at radius 2 is 1.65 bits per heavy atom. The number of piperazine rings is 1. The summed E-state index contributed by atoms with van der Waals surface area (Å²) < 4.78 is 12.6. The summed E-state index contributed by atoms with van der Waals surface area (Å²) in [5.74, 6) is 0.778. The maximum Gasteiger partial charge on any atom is 0.264 e. The minimum Gasteiger partial charge on any atom is -0.495 e. The van der Waals surface area contributed by atoms with Gasteiger partial charge in [-0.1, -0.05) is 63.9 Å². The van der Waals surface area contributed by atoms with Crippen LogP contribution in [-0.2, 0) is 11.3 Å². The quantitative estimate of drug-likeness (QED) is 0.232. The van der Waals surface area contributed by atoms with Gasteiger partial charge in [0.2, 0.25) is 5.95 Å². The molecule has 0 saturated carbocycles. The molecular weight excluding hydrogens is 629 g/mol. The standard InChI is InChI=1S/C33H41Cl2N7O4/c1-32(2,3)15-21(16-36)29(43)41-11-9-40(10-12-41)18-33(4,5)19-42-28-20(17-38-31(37-6)39-28)13-22(30(42)44)25-26(34)23(45-7)14-24(46-8)27(25)35/h13-15,17H,9-12,18-19H2,1-8H3,(H,37,38,39)/b21-15-. The Bertz CT molecular complexity index is 1740. The summed E-state index contributed by atoms with van der Waals surface area (Å²) in [6, 6.07) is 5.34. The number of nitriles is 1. The molecule has 1 aromatic carbocycles. The molecule has 1 N–H and O–H groups in total. The van der Waals surface area contributed by atoms with Crippen LogP contribution >= 0.6 is 23.2 Å². The second kappa shape index (κ2) is 13.9. The lowest BCUT2D eigenvalue weighted by molar-refractivity contribution is -0.128. The number of carbonyl (C=O) groups is 1. The Labute approximate surface area is 279 Å². The van der Waals surface area contributed by atoms with Crippen LogP contribution in [0.2, 0.25) is 10.0 Å². The number of hydrogen-bond donors (Lipinski definition) is 1. The van der Waals surface area contributed by atoms with E-state index in [1.54, 1.807) is 40.9 Å². The van der Waals surface area contributed by atoms with Crippen molar-refractivity contribution in [3.05, 3.63) is 50.4 Å². The molecule has 1 amide bonds. The van der Waals surface area contributed by atoms with Crippen LogP contribution < -0.4 is 20.3 Å². The van der Waals surface area contributed by atoms with E-state index in [1.165, 1.54) is 14.2 Å². The molecule has 11 nitrogen and oxygen atoms in total. The van der Waals surface area contributed by atoms with Gasteiger partial charge in [0.15, 0.2) is 0 Å². The van der Waals surface area contributed by atoms with Gasteiger partial charge in [0.1, 0.15) is 28.8 Å². The fourth-order valence-electron chi connectivity index (χ4n) is 5.66. The third-order valence-electron chi connectivity index (χ3n) is 7.72. The number of rotatable bonds is 9. The zero-order valence-corrected chi connectivity index (χ0v) is 29.1. The zero-order chi connectivity index (χ0) is 34.0. The number of halogens is 2. The summed E-state index contributed by atoms with van der Waals surface area (Å²) >= 11 is 13.5. The van der Waals surface area contributed by atoms with E-state index in [9.17, 15) is 14.9 Å². The van der Waals surface area contributed by atoms with Gasteiger partial charge in [0, 0.05) is 69.5 Å². The maximum atomic E-state index is 14.4. The number of hydrogen-bond acceptors (Lipinski definition) is 9. The van der Waals surface area contributed by atoms with E-state index in [4.69, 9.17) is 32.7 Å². The first-order valence-electron chi connectivity index (χ1n) is 15.0. The van der Waals surface area contributed by atoms with Gasteiger partial charge < -0.3 is 19.7 Å². The summed E-state index contributed by atoms with van der Waals surface area (Å²) in [5.41, 5.74) is 0.188. The van der Waals surface area contributed by atoms with Crippen LogP contribution in [0.25, 0.3) is 22.2 Å². The average Bonchev–Trinajstić information content (AvgIpc) is 3.01. The number of anilines is 1. The summed E-state index contributed by atoms with van der Waals surface area (Å²) in [6.45, 7) is 13.3. The maximum absolute atomic E-state index is 14.4. The number of ether oxygens (including phenoxy) is 2. The predicted molar refractivity (Wildman–Crippen MR) is 182 cm³/mol. The Morgan fingerprint density at radius 3 is 2.17 bits per heavy atom. The number of fused-ring (bicyclic) bond motifs is 1. The van der Waals surface area contributed by atoms with E-state index in [0.717, 1.165) is 0 Å². The van der Waals surface area contributed by atoms with Gasteiger partial charge in [0.05, 0.1) is 29.8 Å². The minimum absolute atomic E-state index is 0.171. The average molecular weight is 671 g/mol. The van der Waals surface area contributed by atoms with E-state index in [1.807, 2.05) is 20.8 Å². The minimum atomic E-state index is -0.407. The molecule has 0 aliphatic carbocycles. The molecule has 0 atom stereocenters. The van der Waals surface area contributed by atoms with Gasteiger partial charge in [-0.15, -0.1) is 0 Å². The van der Waals surface area contributed by atoms with E-state index < -0.39 is 5.41 Å². The fourth-order valence-corrected chi connectivity index (χ4v) is 6.37. The van der Waals surface area contributed by atoms with Crippen LogP contribution in [0, 0.1) is 22.2 Å². The number of nitrogens with zero attached hydrogens (tertiary/aromatic N) is 6. The molecule has 0 unspecified atom stereocenters. The van der Waals surface area contributed by atoms with Crippen molar-refractivity contribution in [2.24, 2.45) is 10.8 Å². The van der Waals surface area contributed by atoms with Crippen molar-refractivity contribution in [3.8, 4) is 28.7 Å². The monoisotopic (exact) mass is 669 g/mol. The van der Waals surface area contributed by atoms with Crippen LogP contribution in [0.1, 0.15) is 34.6 Å². The van der Waals surface area contributed by atoms with Crippen molar-refractivity contribution >= 4 is 46.1 Å². The summed E-state index contributed by atoms with van der Waals surface area (Å²) in [5, 5.41) is 13.5. The molecule has 0 bridgehead atoms. The smallest absolute Gasteiger partial charge is 0.264 e. The van der Waals surface area contributed by atoms with Crippen molar-refractivity contribution in [1.82, 2.24) is 24.3 Å². The highest BCUT2D eigenvalue weighted by Crippen LogP contribution is 2.45. The first kappa shape index (κ1) is 35.0. The SMILES string of the molecule is CNc1ncc2cc(-c3c(Cl)c(OC)cc(OC)c3Cl)c(=O)n(CC(C)(C)CN3CCN(C(=O)/C(C#N)=C\C(C)(C)C)CC3)c2n1. The number of nitrogens with one attached hydrogen (secondary N) is 1. The Hall–Kier alpha value is -3.85. The number of aromatic nitrogens is 3. The van der Waals surface area contributed by atoms with Crippen molar-refractivity contribution < 1.29 is 14.3 Å². The number of methoxy groups -OCH3 is 2. The van der Waals surface area contributed by atoms with Gasteiger partial charge >= 0.3 is 0 Å². The highest BCUT2D eigenvalue weighted by Gasteiger charge is 2.31. The van der Waals surface area contributed by atoms with Crippen LogP contribution in [0.5, 0.6) is 11.5 Å². The van der Waals surface area contributed by atoms with Gasteiger partial charge in [-0.25, -0.2) is 4.98 Å². The van der Waals surface area contributed by atoms with Gasteiger partial charge in [-0.05, 0) is 16.9 Å². The molecule has 2 aromatic heterocycles. The summed E-state index contributed by atoms with van der Waals surface area (Å²) in [4.78, 5) is 40.4. The highest BCUT2D eigenvalue weighted by atomic mass is 35.5. The lowest BCUT2D eigenvalue weighted by Gasteiger charge is -2.39. The third-order valence-corrected chi connectivity index (χ3v) is 8.47. The van der Waals surface area contributed by atoms with Gasteiger partial charge in [-0.2, -0.15) is 10.2 Å². The van der Waals surface area contributed by atoms with Crippen molar-refractivity contribution in [2.75, 3.05) is 59.3 Å². The van der Waals surface area contributed by atoms with E-state index in [2.05, 4.69) is 40.1 Å². The Morgan fingerprint density at radius 1 is 1.04 bits per heavy atom. The molecular formula is C33H41Cl2N7O4. The normalized spacial score (nSPS) is 14.7. The van der Waals surface area contributed by atoms with Crippen LogP contribution in [-0.4, -0.2) is 84.2 Å². The topological polar surface area (TPSA) is 126 Å². The fraction of sp³-hybridized carbons (Fsp3) is 0.485. The number of pyridine rings is 1. The molecule has 4 rings (SSSR count). The van der Waals surface area contributed by atoms with E-state index >= 15 is 0 Å². The molecule has 1 aliphatic heterocycles. The number of allylic oxidation sites excluding steroid dienone is 1. The second-order valence-corrected chi connectivity index (χ2v) is 14.0. The third kappa shape index (κ3) is 7.57. The lowest BCUT2D eigenvalue weighted by Crippen LogP contribution is -2.51. The van der Waals surface area contributed by atoms with Crippen molar-refractivity contribution in [1.29, 1.82) is 5.26 Å². The predicted octanol–water partition coefficient (Wildman–Crippen LogP) is 5.49. The molecule has 3 aromatic rings. The van der Waals surface area contributed by atoms with Gasteiger partial charge in [0.25, 0.3) is 11.5 Å². The number of amides is 1. The Kier molecular flexibility index (Phi) is 10.6. The van der Waals surface area contributed by atoms with E-state index in [-0.39, 0.29) is 38.1 Å². The largest absolute Gasteiger partial charge is 0.495 e. The zero-order valence-electron chi connectivity index (χ0n) is 27.6. The second-order valence-electron chi connectivity index (χ2n) is 13.2. The molecule has 3 heterocycles. The van der Waals surface area contributed by atoms with Crippen molar-refractivity contribution in [2.45, 2.75) is 41.2 Å². The van der Waals surface area contributed by atoms with Crippen LogP contribution in [0.3, 0.4) is 0 Å². The molecule has 0 spiro atoms. The van der Waals surface area contributed by atoms with E-state index in [0.29, 0.717) is 73.3 Å². The number of carbonyl (C=O) groups excluding carboxylic acids is 1. The van der Waals surface area contributed by atoms with Gasteiger partial charge in [-0.3, -0.25) is 19.1 Å². The summed E-state index contributed by atoms with van der Waals surface area (Å²) in [7, 11) is 4.67. The molecule has 246 valence electrons. The summed E-state index contributed by atoms with van der Waals surface area (Å²) in [6.07, 6.45) is 3.38. The molecule has 46 heavy (non-hydrogen) atoms. The molecule has 1 aliphatic rings. The Balaban J connectivity index is 1.67. The lowest BCUT2D eigenvalue weighted by atomic mass is 9.91. The highest BCUT2D eigenvalue weighted by molar-refractivity contribution is 6.41. The molecule has 1 saturated heterocycles. The number of benzene rings is 1. The first-order chi connectivity index (χ1) is 21.6. The first-order valence-corrected chi connectivity index (χ1v) is 15.7. The van der Waals surface area contributed by atoms with Crippen LogP contribution in [0.15, 0.2) is 34.8 Å². The van der Waals surface area contributed by atoms with Crippen molar-refractivity contribution in [3.63, 3.8) is 0 Å². The van der Waals surface area contributed by atoms with Crippen LogP contribution in [0.4, 0.5) is 5.95 Å². The molecule has 13 heteroatoms.